The van der Waals surface area contributed by atoms with Gasteiger partial charge in [-0.25, -0.2) is 9.97 Å². The smallest absolute Gasteiger partial charge is 0.109 e. The third-order valence-corrected chi connectivity index (χ3v) is 4.41. The zero-order chi connectivity index (χ0) is 11.4. The van der Waals surface area contributed by atoms with Gasteiger partial charge in [-0.05, 0) is 13.3 Å². The number of nitrogens with zero attached hydrogens (tertiary/aromatic N) is 2. The van der Waals surface area contributed by atoms with Crippen LogP contribution < -0.4 is 5.32 Å². The van der Waals surface area contributed by atoms with Gasteiger partial charge in [0.25, 0.3) is 0 Å². The van der Waals surface area contributed by atoms with Crippen LogP contribution in [0.15, 0.2) is 17.8 Å². The summed E-state index contributed by atoms with van der Waals surface area (Å²) in [6, 6.07) is 0.312. The van der Waals surface area contributed by atoms with Crippen LogP contribution in [0.3, 0.4) is 0 Å². The van der Waals surface area contributed by atoms with Crippen molar-refractivity contribution < 1.29 is 0 Å². The molecule has 16 heavy (non-hydrogen) atoms. The van der Waals surface area contributed by atoms with E-state index in [1.54, 1.807) is 22.7 Å². The fourth-order valence-electron chi connectivity index (χ4n) is 1.38. The van der Waals surface area contributed by atoms with E-state index in [1.807, 2.05) is 17.8 Å². The molecule has 1 unspecified atom stereocenters. The Hall–Kier alpha value is -0.780. The Morgan fingerprint density at radius 3 is 2.94 bits per heavy atom. The highest BCUT2D eigenvalue weighted by molar-refractivity contribution is 7.11. The first-order valence-corrected chi connectivity index (χ1v) is 7.05. The van der Waals surface area contributed by atoms with E-state index >= 15 is 0 Å². The fourth-order valence-corrected chi connectivity index (χ4v) is 2.87. The Labute approximate surface area is 104 Å². The molecule has 0 aromatic carbocycles. The third kappa shape index (κ3) is 2.87. The molecule has 2 aromatic rings. The van der Waals surface area contributed by atoms with Crippen LogP contribution in [0.2, 0.25) is 0 Å². The predicted octanol–water partition coefficient (Wildman–Crippen LogP) is 3.01. The second-order valence-corrected chi connectivity index (χ2v) is 5.67. The van der Waals surface area contributed by atoms with Gasteiger partial charge in [-0.15, -0.1) is 22.7 Å². The summed E-state index contributed by atoms with van der Waals surface area (Å²) >= 11 is 3.47. The second-order valence-electron chi connectivity index (χ2n) is 3.55. The Morgan fingerprint density at radius 1 is 1.44 bits per heavy atom. The van der Waals surface area contributed by atoms with Crippen molar-refractivity contribution in [2.45, 2.75) is 32.9 Å². The Balaban J connectivity index is 1.87. The van der Waals surface area contributed by atoms with E-state index in [2.05, 4.69) is 29.1 Å². The first-order valence-electron chi connectivity index (χ1n) is 5.36. The van der Waals surface area contributed by atoms with Gasteiger partial charge in [-0.1, -0.05) is 6.92 Å². The Bertz CT molecular complexity index is 422. The molecule has 2 heterocycles. The van der Waals surface area contributed by atoms with Gasteiger partial charge < -0.3 is 5.32 Å². The average molecular weight is 253 g/mol. The highest BCUT2D eigenvalue weighted by Crippen LogP contribution is 2.17. The minimum atomic E-state index is 0.312. The lowest BCUT2D eigenvalue weighted by molar-refractivity contribution is 0.575. The van der Waals surface area contributed by atoms with Crippen LogP contribution in [0, 0.1) is 0 Å². The molecule has 86 valence electrons. The lowest BCUT2D eigenvalue weighted by Gasteiger charge is -2.09. The minimum Gasteiger partial charge on any atom is -0.303 e. The number of hydrogen-bond acceptors (Lipinski definition) is 5. The van der Waals surface area contributed by atoms with Gasteiger partial charge in [0, 0.05) is 29.2 Å². The van der Waals surface area contributed by atoms with Crippen LogP contribution in [0.25, 0.3) is 0 Å². The van der Waals surface area contributed by atoms with E-state index in [0.717, 1.165) is 18.0 Å². The van der Waals surface area contributed by atoms with Gasteiger partial charge in [0.2, 0.25) is 0 Å². The lowest BCUT2D eigenvalue weighted by atomic mass is 10.3. The second kappa shape index (κ2) is 5.52. The summed E-state index contributed by atoms with van der Waals surface area (Å²) in [6.07, 6.45) is 4.83. The maximum absolute atomic E-state index is 4.34. The normalized spacial score (nSPS) is 12.9. The first-order chi connectivity index (χ1) is 7.79. The number of hydrogen-bond donors (Lipinski definition) is 1. The summed E-state index contributed by atoms with van der Waals surface area (Å²) in [7, 11) is 0. The van der Waals surface area contributed by atoms with Gasteiger partial charge >= 0.3 is 0 Å². The molecule has 0 radical (unpaired) electrons. The highest BCUT2D eigenvalue weighted by Gasteiger charge is 2.08. The number of rotatable bonds is 5. The summed E-state index contributed by atoms with van der Waals surface area (Å²) in [5.74, 6) is 0. The number of aryl methyl sites for hydroxylation is 1. The first kappa shape index (κ1) is 11.7. The highest BCUT2D eigenvalue weighted by atomic mass is 32.1. The molecule has 0 aliphatic carbocycles. The van der Waals surface area contributed by atoms with Crippen molar-refractivity contribution in [3.8, 4) is 0 Å². The van der Waals surface area contributed by atoms with Crippen molar-refractivity contribution >= 4 is 22.7 Å². The van der Waals surface area contributed by atoms with Crippen LogP contribution in [0.4, 0.5) is 0 Å². The molecule has 0 aliphatic heterocycles. The minimum absolute atomic E-state index is 0.312. The van der Waals surface area contributed by atoms with Gasteiger partial charge in [-0.2, -0.15) is 0 Å². The van der Waals surface area contributed by atoms with Crippen molar-refractivity contribution in [1.29, 1.82) is 0 Å². The largest absolute Gasteiger partial charge is 0.303 e. The van der Waals surface area contributed by atoms with Crippen molar-refractivity contribution in [3.05, 3.63) is 32.7 Å². The molecule has 0 bridgehead atoms. The van der Waals surface area contributed by atoms with Crippen LogP contribution in [-0.4, -0.2) is 9.97 Å². The zero-order valence-corrected chi connectivity index (χ0v) is 11.1. The average Bonchev–Trinajstić information content (AvgIpc) is 2.96. The van der Waals surface area contributed by atoms with Crippen LogP contribution in [-0.2, 0) is 13.0 Å². The molecule has 0 aliphatic rings. The molecule has 5 heteroatoms. The summed E-state index contributed by atoms with van der Waals surface area (Å²) in [6.45, 7) is 5.15. The monoisotopic (exact) mass is 253 g/mol. The Morgan fingerprint density at radius 2 is 2.31 bits per heavy atom. The van der Waals surface area contributed by atoms with E-state index in [9.17, 15) is 0 Å². The van der Waals surface area contributed by atoms with E-state index in [0.29, 0.717) is 6.04 Å². The maximum Gasteiger partial charge on any atom is 0.109 e. The third-order valence-electron chi connectivity index (χ3n) is 2.31. The maximum atomic E-state index is 4.34. The molecule has 0 fully saturated rings. The molecular weight excluding hydrogens is 238 g/mol. The SMILES string of the molecule is CCc1ncc(CNC(C)c2nccs2)s1. The molecule has 1 atom stereocenters. The fraction of sp³-hybridized carbons (Fsp3) is 0.455. The summed E-state index contributed by atoms with van der Waals surface area (Å²) in [5, 5.41) is 7.81. The van der Waals surface area contributed by atoms with Gasteiger partial charge in [0.15, 0.2) is 0 Å². The Kier molecular flexibility index (Phi) is 4.04. The van der Waals surface area contributed by atoms with Crippen molar-refractivity contribution in [1.82, 2.24) is 15.3 Å². The molecule has 2 rings (SSSR count). The van der Waals surface area contributed by atoms with E-state index in [-0.39, 0.29) is 0 Å². The van der Waals surface area contributed by atoms with Crippen LogP contribution in [0.5, 0.6) is 0 Å². The van der Waals surface area contributed by atoms with E-state index in [4.69, 9.17) is 0 Å². The number of thiazole rings is 2. The van der Waals surface area contributed by atoms with Gasteiger partial charge in [0.05, 0.1) is 11.0 Å². The van der Waals surface area contributed by atoms with Gasteiger partial charge in [-0.3, -0.25) is 0 Å². The van der Waals surface area contributed by atoms with Crippen molar-refractivity contribution in [3.63, 3.8) is 0 Å². The number of aromatic nitrogens is 2. The van der Waals surface area contributed by atoms with Crippen LogP contribution in [0.1, 0.15) is 34.8 Å². The molecule has 2 aromatic heterocycles. The summed E-state index contributed by atoms with van der Waals surface area (Å²) in [5.41, 5.74) is 0. The molecule has 1 N–H and O–H groups in total. The van der Waals surface area contributed by atoms with Crippen LogP contribution >= 0.6 is 22.7 Å². The van der Waals surface area contributed by atoms with Crippen molar-refractivity contribution in [2.75, 3.05) is 0 Å². The van der Waals surface area contributed by atoms with Crippen molar-refractivity contribution in [2.24, 2.45) is 0 Å². The standard InChI is InChI=1S/C11H15N3S2/c1-3-10-14-7-9(16-10)6-13-8(2)11-12-4-5-15-11/h4-5,7-8,13H,3,6H2,1-2H3. The quantitative estimate of drug-likeness (QED) is 0.890. The summed E-state index contributed by atoms with van der Waals surface area (Å²) < 4.78 is 0. The van der Waals surface area contributed by atoms with E-state index < -0.39 is 0 Å². The zero-order valence-electron chi connectivity index (χ0n) is 9.43. The summed E-state index contributed by atoms with van der Waals surface area (Å²) in [4.78, 5) is 9.93. The molecule has 0 spiro atoms. The molecule has 0 amide bonds. The topological polar surface area (TPSA) is 37.8 Å². The van der Waals surface area contributed by atoms with E-state index in [1.165, 1.54) is 9.88 Å². The molecule has 0 saturated heterocycles. The molecule has 3 nitrogen and oxygen atoms in total. The van der Waals surface area contributed by atoms with Gasteiger partial charge in [0.1, 0.15) is 5.01 Å². The predicted molar refractivity (Wildman–Crippen MR) is 68.9 cm³/mol. The molecule has 0 saturated carbocycles. The number of nitrogens with one attached hydrogen (secondary N) is 1. The molecular formula is C11H15N3S2. The lowest BCUT2D eigenvalue weighted by Crippen LogP contribution is -2.17.